The van der Waals surface area contributed by atoms with Crippen molar-refractivity contribution in [1.29, 1.82) is 0 Å². The first-order valence-corrected chi connectivity index (χ1v) is 8.60. The van der Waals surface area contributed by atoms with E-state index in [4.69, 9.17) is 4.74 Å². The topological polar surface area (TPSA) is 46.2 Å². The molecule has 0 amide bonds. The van der Waals surface area contributed by atoms with Gasteiger partial charge in [-0.3, -0.25) is 4.79 Å². The van der Waals surface area contributed by atoms with Crippen LogP contribution in [0.15, 0.2) is 30.3 Å². The lowest BCUT2D eigenvalue weighted by molar-refractivity contribution is -0.143. The Morgan fingerprint density at radius 2 is 1.50 bits per heavy atom. The van der Waals surface area contributed by atoms with Crippen LogP contribution in [0.1, 0.15) is 63.4 Å². The minimum Gasteiger partial charge on any atom is -0.466 e. The fourth-order valence-corrected chi connectivity index (χ4v) is 2.41. The van der Waals surface area contributed by atoms with Gasteiger partial charge in [0.2, 0.25) is 0 Å². The van der Waals surface area contributed by atoms with Crippen molar-refractivity contribution in [1.82, 2.24) is 0 Å². The van der Waals surface area contributed by atoms with Gasteiger partial charge in [0.15, 0.2) is 0 Å². The molecule has 0 N–H and O–H groups in total. The molecule has 0 spiro atoms. The second-order valence-electron chi connectivity index (χ2n) is 5.74. The van der Waals surface area contributed by atoms with Gasteiger partial charge in [0, 0.05) is 6.42 Å². The smallest absolute Gasteiger partial charge is 0.305 e. The first-order valence-electron chi connectivity index (χ1n) is 8.60. The highest BCUT2D eigenvalue weighted by Crippen LogP contribution is 2.08. The fraction of sp³-hybridized carbons (Fsp3) is 0.632. The number of benzene rings is 1. The van der Waals surface area contributed by atoms with Crippen LogP contribution in [0.25, 0.3) is 0 Å². The Hall–Kier alpha value is -1.35. The van der Waals surface area contributed by atoms with Crippen LogP contribution < -0.4 is 0 Å². The maximum Gasteiger partial charge on any atom is 0.305 e. The first kappa shape index (κ1) is 18.7. The van der Waals surface area contributed by atoms with Crippen LogP contribution in [-0.4, -0.2) is 19.2 Å². The molecule has 0 bridgehead atoms. The maximum absolute atomic E-state index is 11.5. The van der Waals surface area contributed by atoms with Crippen LogP contribution in [0.3, 0.4) is 0 Å². The van der Waals surface area contributed by atoms with E-state index >= 15 is 0 Å². The second-order valence-corrected chi connectivity index (χ2v) is 5.74. The SMILES string of the molecule is [O]CCCCCCC(=O)OCCCCCCc1ccccc1. The third-order valence-corrected chi connectivity index (χ3v) is 3.74. The molecule has 3 nitrogen and oxygen atoms in total. The zero-order chi connectivity index (χ0) is 15.9. The molecule has 0 saturated heterocycles. The van der Waals surface area contributed by atoms with Crippen LogP contribution in [0, 0.1) is 0 Å². The molecule has 1 radical (unpaired) electrons. The van der Waals surface area contributed by atoms with Crippen molar-refractivity contribution in [2.24, 2.45) is 0 Å². The molecule has 1 aromatic rings. The number of hydrogen-bond acceptors (Lipinski definition) is 2. The van der Waals surface area contributed by atoms with Crippen LogP contribution in [-0.2, 0) is 21.1 Å². The second kappa shape index (κ2) is 13.3. The average molecular weight is 305 g/mol. The number of rotatable bonds is 13. The maximum atomic E-state index is 11.5. The minimum absolute atomic E-state index is 0.00524. The Kier molecular flexibility index (Phi) is 11.3. The highest BCUT2D eigenvalue weighted by atomic mass is 16.5. The Labute approximate surface area is 134 Å². The van der Waals surface area contributed by atoms with Crippen molar-refractivity contribution in [3.63, 3.8) is 0 Å². The molecule has 0 aliphatic rings. The quantitative estimate of drug-likeness (QED) is 0.391. The van der Waals surface area contributed by atoms with Crippen molar-refractivity contribution in [2.75, 3.05) is 13.2 Å². The molecule has 1 aromatic carbocycles. The van der Waals surface area contributed by atoms with E-state index in [-0.39, 0.29) is 12.6 Å². The summed E-state index contributed by atoms with van der Waals surface area (Å²) >= 11 is 0. The van der Waals surface area contributed by atoms with Crippen molar-refractivity contribution in [3.05, 3.63) is 35.9 Å². The standard InChI is InChI=1S/C19H29O3/c20-16-10-3-1-9-15-19(21)22-17-11-4-2-6-12-18-13-7-5-8-14-18/h5,7-8,13-14H,1-4,6,9-12,15-17H2. The number of ether oxygens (including phenoxy) is 1. The summed E-state index contributed by atoms with van der Waals surface area (Å²) in [4.78, 5) is 11.5. The fourth-order valence-electron chi connectivity index (χ4n) is 2.41. The summed E-state index contributed by atoms with van der Waals surface area (Å²) in [7, 11) is 0. The lowest BCUT2D eigenvalue weighted by Crippen LogP contribution is -2.05. The molecule has 0 heterocycles. The first-order chi connectivity index (χ1) is 10.8. The van der Waals surface area contributed by atoms with E-state index < -0.39 is 0 Å². The van der Waals surface area contributed by atoms with Gasteiger partial charge in [0.1, 0.15) is 0 Å². The van der Waals surface area contributed by atoms with E-state index in [0.717, 1.165) is 44.9 Å². The molecule has 3 heteroatoms. The molecule has 22 heavy (non-hydrogen) atoms. The van der Waals surface area contributed by atoms with Gasteiger partial charge < -0.3 is 4.74 Å². The monoisotopic (exact) mass is 305 g/mol. The normalized spacial score (nSPS) is 10.6. The molecule has 0 aliphatic carbocycles. The number of carbonyl (C=O) groups is 1. The molecule has 0 saturated carbocycles. The number of aryl methyl sites for hydroxylation is 1. The van der Waals surface area contributed by atoms with E-state index in [9.17, 15) is 9.90 Å². The van der Waals surface area contributed by atoms with Crippen molar-refractivity contribution < 1.29 is 14.6 Å². The van der Waals surface area contributed by atoms with E-state index in [0.29, 0.717) is 13.0 Å². The van der Waals surface area contributed by atoms with Gasteiger partial charge in [0.25, 0.3) is 0 Å². The van der Waals surface area contributed by atoms with Crippen molar-refractivity contribution >= 4 is 5.97 Å². The number of hydrogen-bond donors (Lipinski definition) is 0. The molecule has 0 aliphatic heterocycles. The summed E-state index contributed by atoms with van der Waals surface area (Å²) in [5, 5.41) is 10.3. The summed E-state index contributed by atoms with van der Waals surface area (Å²) in [6.45, 7) is 0.541. The van der Waals surface area contributed by atoms with Gasteiger partial charge >= 0.3 is 5.97 Å². The molecule has 123 valence electrons. The molecular formula is C19H29O3. The third kappa shape index (κ3) is 10.4. The molecular weight excluding hydrogens is 276 g/mol. The Bertz CT molecular complexity index is 376. The van der Waals surface area contributed by atoms with Crippen molar-refractivity contribution in [3.8, 4) is 0 Å². The van der Waals surface area contributed by atoms with Gasteiger partial charge in [-0.1, -0.05) is 56.0 Å². The third-order valence-electron chi connectivity index (χ3n) is 3.74. The van der Waals surface area contributed by atoms with Crippen molar-refractivity contribution in [2.45, 2.75) is 64.2 Å². The Morgan fingerprint density at radius 3 is 2.27 bits per heavy atom. The highest BCUT2D eigenvalue weighted by molar-refractivity contribution is 5.69. The lowest BCUT2D eigenvalue weighted by atomic mass is 10.1. The van der Waals surface area contributed by atoms with Gasteiger partial charge in [-0.15, -0.1) is 0 Å². The Balaban J connectivity index is 1.85. The summed E-state index contributed by atoms with van der Waals surface area (Å²) in [5.74, 6) is -0.0913. The van der Waals surface area contributed by atoms with Crippen LogP contribution in [0.2, 0.25) is 0 Å². The van der Waals surface area contributed by atoms with Gasteiger partial charge in [-0.2, -0.15) is 0 Å². The Morgan fingerprint density at radius 1 is 0.818 bits per heavy atom. The summed E-state index contributed by atoms with van der Waals surface area (Å²) < 4.78 is 5.21. The molecule has 0 unspecified atom stereocenters. The molecule has 0 fully saturated rings. The summed E-state index contributed by atoms with van der Waals surface area (Å²) in [5.41, 5.74) is 1.39. The highest BCUT2D eigenvalue weighted by Gasteiger charge is 2.02. The van der Waals surface area contributed by atoms with Crippen LogP contribution >= 0.6 is 0 Å². The largest absolute Gasteiger partial charge is 0.466 e. The van der Waals surface area contributed by atoms with Gasteiger partial charge in [-0.05, 0) is 37.7 Å². The zero-order valence-electron chi connectivity index (χ0n) is 13.6. The van der Waals surface area contributed by atoms with E-state index in [1.807, 2.05) is 6.07 Å². The predicted molar refractivity (Wildman–Crippen MR) is 88.2 cm³/mol. The molecule has 1 rings (SSSR count). The zero-order valence-corrected chi connectivity index (χ0v) is 13.6. The van der Waals surface area contributed by atoms with E-state index in [1.54, 1.807) is 0 Å². The number of carbonyl (C=O) groups excluding carboxylic acids is 1. The summed E-state index contributed by atoms with van der Waals surface area (Å²) in [6, 6.07) is 10.5. The van der Waals surface area contributed by atoms with Crippen LogP contribution in [0.4, 0.5) is 0 Å². The number of unbranched alkanes of at least 4 members (excludes halogenated alkanes) is 6. The van der Waals surface area contributed by atoms with Gasteiger partial charge in [0.05, 0.1) is 13.2 Å². The average Bonchev–Trinajstić information content (AvgIpc) is 2.55. The van der Waals surface area contributed by atoms with Gasteiger partial charge in [-0.25, -0.2) is 5.11 Å². The molecule has 0 aromatic heterocycles. The van der Waals surface area contributed by atoms with E-state index in [1.165, 1.54) is 18.4 Å². The lowest BCUT2D eigenvalue weighted by Gasteiger charge is -2.05. The predicted octanol–water partition coefficient (Wildman–Crippen LogP) is 4.71. The van der Waals surface area contributed by atoms with E-state index in [2.05, 4.69) is 24.3 Å². The summed E-state index contributed by atoms with van der Waals surface area (Å²) in [6.07, 6.45) is 9.51. The minimum atomic E-state index is -0.0913. The molecule has 0 atom stereocenters. The number of esters is 1. The van der Waals surface area contributed by atoms with Crippen LogP contribution in [0.5, 0.6) is 0 Å².